The van der Waals surface area contributed by atoms with Crippen molar-refractivity contribution in [2.24, 2.45) is 0 Å². The standard InChI is InChI=1S/C8H11N2O6P/c1-4-7(11)6(8-10-16-8)5(2-9-4)3-15-17(12,13)14/h2,8,10-11H,3H2,1H3,(H2,12,13,14)/t8-/m1/s1. The van der Waals surface area contributed by atoms with Crippen LogP contribution in [0.2, 0.25) is 0 Å². The monoisotopic (exact) mass is 262 g/mol. The number of pyridine rings is 1. The molecule has 94 valence electrons. The first kappa shape index (κ1) is 12.4. The SMILES string of the molecule is Cc1ncc(COP(=O)(O)O)c([C@@H]2NO2)c1O. The minimum atomic E-state index is -4.56. The number of hydroxylamine groups is 1. The topological polar surface area (TPSA) is 134 Å². The van der Waals surface area contributed by atoms with E-state index < -0.39 is 14.1 Å². The van der Waals surface area contributed by atoms with E-state index >= 15 is 0 Å². The number of nitrogens with one attached hydrogen (secondary N) is 1. The molecule has 0 aliphatic carbocycles. The van der Waals surface area contributed by atoms with Crippen molar-refractivity contribution >= 4 is 7.82 Å². The van der Waals surface area contributed by atoms with Crippen LogP contribution in [-0.2, 0) is 20.5 Å². The molecule has 2 rings (SSSR count). The van der Waals surface area contributed by atoms with Gasteiger partial charge in [0.25, 0.3) is 0 Å². The summed E-state index contributed by atoms with van der Waals surface area (Å²) in [5.74, 6) is -0.0770. The van der Waals surface area contributed by atoms with Gasteiger partial charge < -0.3 is 14.9 Å². The molecule has 4 N–H and O–H groups in total. The summed E-state index contributed by atoms with van der Waals surface area (Å²) in [5.41, 5.74) is 3.65. The Morgan fingerprint density at radius 3 is 2.82 bits per heavy atom. The van der Waals surface area contributed by atoms with E-state index in [0.717, 1.165) is 0 Å². The molecule has 8 nitrogen and oxygen atoms in total. The Balaban J connectivity index is 2.27. The Hall–Kier alpha value is -1.02. The van der Waals surface area contributed by atoms with Crippen molar-refractivity contribution in [3.05, 3.63) is 23.0 Å². The van der Waals surface area contributed by atoms with E-state index in [9.17, 15) is 9.67 Å². The molecular formula is C8H11N2O6P. The van der Waals surface area contributed by atoms with Crippen LogP contribution in [0.1, 0.15) is 23.0 Å². The minimum absolute atomic E-state index is 0.0770. The zero-order chi connectivity index (χ0) is 12.6. The Bertz CT molecular complexity index is 483. The lowest BCUT2D eigenvalue weighted by Crippen LogP contribution is -2.01. The lowest BCUT2D eigenvalue weighted by atomic mass is 10.1. The van der Waals surface area contributed by atoms with Gasteiger partial charge in [0.15, 0.2) is 6.23 Å². The van der Waals surface area contributed by atoms with Gasteiger partial charge in [0, 0.05) is 11.8 Å². The summed E-state index contributed by atoms with van der Waals surface area (Å²) in [6.07, 6.45) is 0.885. The molecule has 17 heavy (non-hydrogen) atoms. The van der Waals surface area contributed by atoms with Gasteiger partial charge in [0.2, 0.25) is 0 Å². The van der Waals surface area contributed by atoms with Gasteiger partial charge in [-0.1, -0.05) is 0 Å². The molecule has 9 heteroatoms. The summed E-state index contributed by atoms with van der Waals surface area (Å²) in [6, 6.07) is 0. The molecule has 1 fully saturated rings. The summed E-state index contributed by atoms with van der Waals surface area (Å²) in [6.45, 7) is 1.25. The number of aromatic hydroxyl groups is 1. The predicted octanol–water partition coefficient (Wildman–Crippen LogP) is 0.238. The molecule has 1 atom stereocenters. The van der Waals surface area contributed by atoms with Crippen molar-refractivity contribution in [3.8, 4) is 5.75 Å². The van der Waals surface area contributed by atoms with E-state index in [1.165, 1.54) is 6.20 Å². The highest BCUT2D eigenvalue weighted by molar-refractivity contribution is 7.46. The van der Waals surface area contributed by atoms with Gasteiger partial charge >= 0.3 is 7.82 Å². The van der Waals surface area contributed by atoms with E-state index in [0.29, 0.717) is 16.8 Å². The smallest absolute Gasteiger partial charge is 0.469 e. The van der Waals surface area contributed by atoms with Gasteiger partial charge in [-0.3, -0.25) is 14.3 Å². The van der Waals surface area contributed by atoms with Crippen LogP contribution in [0.4, 0.5) is 0 Å². The van der Waals surface area contributed by atoms with Crippen LogP contribution in [0.5, 0.6) is 5.75 Å². The van der Waals surface area contributed by atoms with Crippen LogP contribution in [-0.4, -0.2) is 19.9 Å². The Kier molecular flexibility index (Phi) is 3.17. The van der Waals surface area contributed by atoms with Crippen molar-refractivity contribution in [2.45, 2.75) is 19.8 Å². The summed E-state index contributed by atoms with van der Waals surface area (Å²) >= 11 is 0. The highest BCUT2D eigenvalue weighted by Crippen LogP contribution is 2.40. The van der Waals surface area contributed by atoms with Gasteiger partial charge in [0.1, 0.15) is 5.75 Å². The third kappa shape index (κ3) is 3.01. The fourth-order valence-electron chi connectivity index (χ4n) is 1.37. The van der Waals surface area contributed by atoms with Crippen LogP contribution < -0.4 is 5.48 Å². The number of phosphoric acid groups is 1. The molecule has 1 aliphatic rings. The van der Waals surface area contributed by atoms with Gasteiger partial charge in [0.05, 0.1) is 17.9 Å². The first-order valence-electron chi connectivity index (χ1n) is 4.67. The maximum absolute atomic E-state index is 10.6. The molecule has 1 aromatic rings. The average Bonchev–Trinajstić information content (AvgIpc) is 3.02. The lowest BCUT2D eigenvalue weighted by Gasteiger charge is -2.11. The summed E-state index contributed by atoms with van der Waals surface area (Å²) in [7, 11) is -4.56. The fraction of sp³-hybridized carbons (Fsp3) is 0.375. The van der Waals surface area contributed by atoms with Crippen LogP contribution in [0, 0.1) is 6.92 Å². The molecule has 2 heterocycles. The van der Waals surface area contributed by atoms with Gasteiger partial charge in [-0.2, -0.15) is 5.48 Å². The molecule has 0 bridgehead atoms. The number of aromatic nitrogens is 1. The van der Waals surface area contributed by atoms with Gasteiger partial charge in [-0.05, 0) is 6.92 Å². The molecule has 1 aromatic heterocycles. The number of nitrogens with zero attached hydrogens (tertiary/aromatic N) is 1. The Morgan fingerprint density at radius 2 is 2.29 bits per heavy atom. The predicted molar refractivity (Wildman–Crippen MR) is 54.4 cm³/mol. The second-order valence-corrected chi connectivity index (χ2v) is 4.75. The van der Waals surface area contributed by atoms with Gasteiger partial charge in [-0.25, -0.2) is 4.57 Å². The zero-order valence-corrected chi connectivity index (χ0v) is 9.72. The van der Waals surface area contributed by atoms with Crippen molar-refractivity contribution < 1.29 is 28.8 Å². The highest BCUT2D eigenvalue weighted by Gasteiger charge is 2.32. The minimum Gasteiger partial charge on any atom is -0.506 e. The molecule has 0 aromatic carbocycles. The van der Waals surface area contributed by atoms with E-state index in [2.05, 4.69) is 15.0 Å². The van der Waals surface area contributed by atoms with Gasteiger partial charge in [-0.15, -0.1) is 0 Å². The number of phosphoric ester groups is 1. The molecule has 0 amide bonds. The van der Waals surface area contributed by atoms with Crippen LogP contribution in [0.15, 0.2) is 6.20 Å². The number of hydrogen-bond acceptors (Lipinski definition) is 6. The molecule has 0 radical (unpaired) electrons. The quantitative estimate of drug-likeness (QED) is 0.447. The summed E-state index contributed by atoms with van der Waals surface area (Å²) < 4.78 is 15.0. The van der Waals surface area contributed by atoms with E-state index in [1.54, 1.807) is 6.92 Å². The number of rotatable bonds is 4. The van der Waals surface area contributed by atoms with Crippen LogP contribution >= 0.6 is 7.82 Å². The molecule has 1 aliphatic heterocycles. The third-order valence-corrected chi connectivity index (χ3v) is 2.71. The van der Waals surface area contributed by atoms with Crippen molar-refractivity contribution in [1.82, 2.24) is 10.5 Å². The van der Waals surface area contributed by atoms with E-state index in [-0.39, 0.29) is 12.4 Å². The second kappa shape index (κ2) is 4.34. The van der Waals surface area contributed by atoms with Crippen LogP contribution in [0.25, 0.3) is 0 Å². The number of aryl methyl sites for hydroxylation is 1. The van der Waals surface area contributed by atoms with E-state index in [1.807, 2.05) is 0 Å². The zero-order valence-electron chi connectivity index (χ0n) is 8.82. The number of hydrogen-bond donors (Lipinski definition) is 4. The highest BCUT2D eigenvalue weighted by atomic mass is 31.2. The Morgan fingerprint density at radius 1 is 1.65 bits per heavy atom. The van der Waals surface area contributed by atoms with E-state index in [4.69, 9.17) is 14.6 Å². The molecule has 1 saturated heterocycles. The largest absolute Gasteiger partial charge is 0.506 e. The van der Waals surface area contributed by atoms with Crippen molar-refractivity contribution in [1.29, 1.82) is 0 Å². The summed E-state index contributed by atoms with van der Waals surface area (Å²) in [5, 5.41) is 9.79. The van der Waals surface area contributed by atoms with Crippen LogP contribution in [0.3, 0.4) is 0 Å². The third-order valence-electron chi connectivity index (χ3n) is 2.24. The molecule has 0 spiro atoms. The molecule has 0 unspecified atom stereocenters. The maximum atomic E-state index is 10.6. The average molecular weight is 262 g/mol. The first-order chi connectivity index (χ1) is 7.88. The summed E-state index contributed by atoms with van der Waals surface area (Å²) in [4.78, 5) is 25.9. The normalized spacial score (nSPS) is 19.4. The fourth-order valence-corrected chi connectivity index (χ4v) is 1.67. The maximum Gasteiger partial charge on any atom is 0.469 e. The molecule has 0 saturated carbocycles. The molecular weight excluding hydrogens is 251 g/mol. The van der Waals surface area contributed by atoms with Crippen molar-refractivity contribution in [2.75, 3.05) is 0 Å². The van der Waals surface area contributed by atoms with Crippen molar-refractivity contribution in [3.63, 3.8) is 0 Å². The lowest BCUT2D eigenvalue weighted by molar-refractivity contribution is 0.187. The first-order valence-corrected chi connectivity index (χ1v) is 6.20. The Labute approximate surface area is 96.4 Å². The second-order valence-electron chi connectivity index (χ2n) is 3.51.